The van der Waals surface area contributed by atoms with Crippen LogP contribution in [0.1, 0.15) is 65.7 Å². The lowest BCUT2D eigenvalue weighted by atomic mass is 9.94. The molecule has 0 aromatic rings. The van der Waals surface area contributed by atoms with Gasteiger partial charge in [0.25, 0.3) is 0 Å². The molecule has 1 aliphatic carbocycles. The van der Waals surface area contributed by atoms with Crippen LogP contribution in [0.2, 0.25) is 0 Å². The zero-order chi connectivity index (χ0) is 14.6. The summed E-state index contributed by atoms with van der Waals surface area (Å²) in [6.07, 6.45) is 10.4. The molecule has 0 bridgehead atoms. The molecule has 1 saturated heterocycles. The smallest absolute Gasteiger partial charge is 0.0707 e. The highest BCUT2D eigenvalue weighted by atomic mass is 16.5. The van der Waals surface area contributed by atoms with Gasteiger partial charge in [-0.05, 0) is 53.5 Å². The minimum absolute atomic E-state index is 0.195. The molecule has 2 rings (SSSR count). The van der Waals surface area contributed by atoms with E-state index in [1.54, 1.807) is 0 Å². The summed E-state index contributed by atoms with van der Waals surface area (Å²) in [6.45, 7) is 8.77. The van der Waals surface area contributed by atoms with Crippen LogP contribution >= 0.6 is 0 Å². The van der Waals surface area contributed by atoms with E-state index in [0.717, 1.165) is 19.1 Å². The predicted octanol–water partition coefficient (Wildman–Crippen LogP) is 3.19. The summed E-state index contributed by atoms with van der Waals surface area (Å²) in [5.41, 5.74) is 0.195. The molecule has 0 amide bonds. The predicted molar refractivity (Wildman–Crippen MR) is 85.2 cm³/mol. The Morgan fingerprint density at radius 3 is 2.30 bits per heavy atom. The second-order valence-electron chi connectivity index (χ2n) is 7.82. The molecule has 1 N–H and O–H groups in total. The van der Waals surface area contributed by atoms with Crippen LogP contribution in [0.4, 0.5) is 0 Å². The first-order valence-corrected chi connectivity index (χ1v) is 8.55. The first-order valence-electron chi connectivity index (χ1n) is 8.55. The molecule has 118 valence electrons. The number of hydrogen-bond donors (Lipinski definition) is 1. The molecular formula is C17H34N2O. The van der Waals surface area contributed by atoms with Crippen LogP contribution in [0.5, 0.6) is 0 Å². The Kier molecular flexibility index (Phi) is 5.88. The van der Waals surface area contributed by atoms with E-state index in [4.69, 9.17) is 4.74 Å². The first kappa shape index (κ1) is 16.3. The van der Waals surface area contributed by atoms with Crippen LogP contribution in [0.25, 0.3) is 0 Å². The van der Waals surface area contributed by atoms with Gasteiger partial charge in [-0.2, -0.15) is 0 Å². The maximum absolute atomic E-state index is 6.21. The summed E-state index contributed by atoms with van der Waals surface area (Å²) in [5.74, 6) is 0. The summed E-state index contributed by atoms with van der Waals surface area (Å²) in [4.78, 5) is 2.56. The molecule has 0 aromatic heterocycles. The van der Waals surface area contributed by atoms with E-state index in [0.29, 0.717) is 12.2 Å². The largest absolute Gasteiger partial charge is 0.372 e. The topological polar surface area (TPSA) is 24.5 Å². The molecule has 2 unspecified atom stereocenters. The van der Waals surface area contributed by atoms with Crippen LogP contribution in [0.15, 0.2) is 0 Å². The van der Waals surface area contributed by atoms with Gasteiger partial charge in [-0.3, -0.25) is 0 Å². The van der Waals surface area contributed by atoms with Crippen molar-refractivity contribution in [1.82, 2.24) is 10.2 Å². The van der Waals surface area contributed by atoms with Crippen LogP contribution in [0.3, 0.4) is 0 Å². The molecule has 20 heavy (non-hydrogen) atoms. The van der Waals surface area contributed by atoms with E-state index in [1.165, 1.54) is 44.9 Å². The summed E-state index contributed by atoms with van der Waals surface area (Å²) in [7, 11) is 2.29. The van der Waals surface area contributed by atoms with E-state index < -0.39 is 0 Å². The average Bonchev–Trinajstić information content (AvgIpc) is 2.84. The quantitative estimate of drug-likeness (QED) is 0.838. The van der Waals surface area contributed by atoms with Crippen molar-refractivity contribution in [3.63, 3.8) is 0 Å². The summed E-state index contributed by atoms with van der Waals surface area (Å²) in [6, 6.07) is 0.805. The highest BCUT2D eigenvalue weighted by Crippen LogP contribution is 2.25. The molecule has 2 atom stereocenters. The Labute approximate surface area is 125 Å². The van der Waals surface area contributed by atoms with Gasteiger partial charge in [0.15, 0.2) is 0 Å². The molecule has 0 spiro atoms. The van der Waals surface area contributed by atoms with Crippen molar-refractivity contribution in [2.75, 3.05) is 20.1 Å². The number of nitrogens with one attached hydrogen (secondary N) is 1. The maximum Gasteiger partial charge on any atom is 0.0707 e. The van der Waals surface area contributed by atoms with Crippen molar-refractivity contribution < 1.29 is 4.74 Å². The number of hydrogen-bond acceptors (Lipinski definition) is 3. The second kappa shape index (κ2) is 7.24. The SMILES string of the molecule is CN(CC1CCC(CNC(C)(C)C)O1)C1CCCCC1. The zero-order valence-electron chi connectivity index (χ0n) is 14.0. The third-order valence-electron chi connectivity index (χ3n) is 4.75. The summed E-state index contributed by atoms with van der Waals surface area (Å²) < 4.78 is 6.21. The molecule has 1 heterocycles. The van der Waals surface area contributed by atoms with E-state index in [9.17, 15) is 0 Å². The fraction of sp³-hybridized carbons (Fsp3) is 1.00. The van der Waals surface area contributed by atoms with Gasteiger partial charge in [0.05, 0.1) is 12.2 Å². The molecule has 1 saturated carbocycles. The monoisotopic (exact) mass is 282 g/mol. The van der Waals surface area contributed by atoms with E-state index in [1.807, 2.05) is 0 Å². The van der Waals surface area contributed by atoms with Crippen molar-refractivity contribution in [1.29, 1.82) is 0 Å². The normalized spacial score (nSPS) is 29.2. The summed E-state index contributed by atoms with van der Waals surface area (Å²) in [5, 5.41) is 3.56. The van der Waals surface area contributed by atoms with E-state index in [2.05, 4.69) is 38.0 Å². The van der Waals surface area contributed by atoms with Gasteiger partial charge in [0.1, 0.15) is 0 Å². The van der Waals surface area contributed by atoms with Gasteiger partial charge in [-0.15, -0.1) is 0 Å². The van der Waals surface area contributed by atoms with Crippen molar-refractivity contribution in [2.24, 2.45) is 0 Å². The van der Waals surface area contributed by atoms with Gasteiger partial charge in [-0.25, -0.2) is 0 Å². The maximum atomic E-state index is 6.21. The number of ether oxygens (including phenoxy) is 1. The third-order valence-corrected chi connectivity index (χ3v) is 4.75. The van der Waals surface area contributed by atoms with Gasteiger partial charge in [0.2, 0.25) is 0 Å². The van der Waals surface area contributed by atoms with Gasteiger partial charge < -0.3 is 15.0 Å². The first-order chi connectivity index (χ1) is 9.44. The van der Waals surface area contributed by atoms with Gasteiger partial charge in [-0.1, -0.05) is 19.3 Å². The van der Waals surface area contributed by atoms with E-state index >= 15 is 0 Å². The van der Waals surface area contributed by atoms with Crippen molar-refractivity contribution in [2.45, 2.75) is 89.5 Å². The third kappa shape index (κ3) is 5.34. The molecule has 0 aromatic carbocycles. The molecule has 3 nitrogen and oxygen atoms in total. The Bertz CT molecular complexity index is 281. The number of likely N-dealkylation sites (N-methyl/N-ethyl adjacent to an activating group) is 1. The minimum atomic E-state index is 0.195. The molecule has 3 heteroatoms. The van der Waals surface area contributed by atoms with Crippen molar-refractivity contribution in [3.05, 3.63) is 0 Å². The van der Waals surface area contributed by atoms with Gasteiger partial charge >= 0.3 is 0 Å². The van der Waals surface area contributed by atoms with Crippen LogP contribution in [-0.2, 0) is 4.74 Å². The molecule has 0 radical (unpaired) electrons. The van der Waals surface area contributed by atoms with Crippen molar-refractivity contribution >= 4 is 0 Å². The summed E-state index contributed by atoms with van der Waals surface area (Å²) >= 11 is 0. The minimum Gasteiger partial charge on any atom is -0.372 e. The van der Waals surface area contributed by atoms with E-state index in [-0.39, 0.29) is 5.54 Å². The lowest BCUT2D eigenvalue weighted by Gasteiger charge is -2.32. The Hall–Kier alpha value is -0.120. The lowest BCUT2D eigenvalue weighted by Crippen LogP contribution is -2.42. The highest BCUT2D eigenvalue weighted by molar-refractivity contribution is 4.82. The molecule has 2 fully saturated rings. The van der Waals surface area contributed by atoms with Crippen LogP contribution < -0.4 is 5.32 Å². The van der Waals surface area contributed by atoms with Crippen molar-refractivity contribution in [3.8, 4) is 0 Å². The molecule has 2 aliphatic rings. The van der Waals surface area contributed by atoms with Gasteiger partial charge in [0, 0.05) is 24.7 Å². The Balaban J connectivity index is 1.67. The number of rotatable bonds is 5. The Morgan fingerprint density at radius 1 is 1.00 bits per heavy atom. The lowest BCUT2D eigenvalue weighted by molar-refractivity contribution is 0.0150. The molecular weight excluding hydrogens is 248 g/mol. The molecule has 1 aliphatic heterocycles. The fourth-order valence-corrected chi connectivity index (χ4v) is 3.48. The standard InChI is InChI=1S/C17H34N2O/c1-17(2,3)18-12-15-10-11-16(20-15)13-19(4)14-8-6-5-7-9-14/h14-16,18H,5-13H2,1-4H3. The number of nitrogens with zero attached hydrogens (tertiary/aromatic N) is 1. The van der Waals surface area contributed by atoms with Crippen LogP contribution in [-0.4, -0.2) is 48.8 Å². The average molecular weight is 282 g/mol. The van der Waals surface area contributed by atoms with Crippen LogP contribution in [0, 0.1) is 0 Å². The zero-order valence-corrected chi connectivity index (χ0v) is 14.0. The Morgan fingerprint density at radius 2 is 1.65 bits per heavy atom. The highest BCUT2D eigenvalue weighted by Gasteiger charge is 2.28. The second-order valence-corrected chi connectivity index (χ2v) is 7.82. The fourth-order valence-electron chi connectivity index (χ4n) is 3.48.